The van der Waals surface area contributed by atoms with E-state index < -0.39 is 11.9 Å². The second kappa shape index (κ2) is 5.89. The first-order valence-electron chi connectivity index (χ1n) is 6.31. The third-order valence-electron chi connectivity index (χ3n) is 3.43. The Hall–Kier alpha value is -1.52. The lowest BCUT2D eigenvalue weighted by molar-refractivity contribution is -0.142. The minimum atomic E-state index is -0.819. The van der Waals surface area contributed by atoms with Gasteiger partial charge in [0, 0.05) is 25.7 Å². The number of rotatable bonds is 4. The van der Waals surface area contributed by atoms with Gasteiger partial charge in [0.15, 0.2) is 0 Å². The number of carbonyl (C=O) groups excluding carboxylic acids is 1. The van der Waals surface area contributed by atoms with E-state index in [1.807, 2.05) is 13.8 Å². The van der Waals surface area contributed by atoms with Crippen LogP contribution in [-0.2, 0) is 4.79 Å². The number of hydrogen-bond acceptors (Lipinski definition) is 2. The molecule has 1 aliphatic heterocycles. The highest BCUT2D eigenvalue weighted by Gasteiger charge is 2.39. The maximum Gasteiger partial charge on any atom is 0.320 e. The number of urea groups is 1. The summed E-state index contributed by atoms with van der Waals surface area (Å²) < 4.78 is 0. The van der Waals surface area contributed by atoms with Crippen LogP contribution in [0, 0.1) is 5.92 Å². The first-order valence-corrected chi connectivity index (χ1v) is 6.31. The predicted octanol–water partition coefficient (Wildman–Crippen LogP) is 1.80. The van der Waals surface area contributed by atoms with Crippen LogP contribution in [0.15, 0.2) is 12.2 Å². The van der Waals surface area contributed by atoms with Gasteiger partial charge in [-0.15, -0.1) is 0 Å². The second-order valence-electron chi connectivity index (χ2n) is 4.92. The predicted molar refractivity (Wildman–Crippen MR) is 69.4 cm³/mol. The summed E-state index contributed by atoms with van der Waals surface area (Å²) >= 11 is 0. The largest absolute Gasteiger partial charge is 0.481 e. The van der Waals surface area contributed by atoms with Gasteiger partial charge in [-0.05, 0) is 27.2 Å². The van der Waals surface area contributed by atoms with Crippen LogP contribution < -0.4 is 0 Å². The van der Waals surface area contributed by atoms with Crippen molar-refractivity contribution in [2.24, 2.45) is 5.92 Å². The van der Waals surface area contributed by atoms with Crippen molar-refractivity contribution >= 4 is 12.0 Å². The lowest BCUT2D eigenvalue weighted by Gasteiger charge is -2.30. The Balaban J connectivity index is 2.72. The van der Waals surface area contributed by atoms with E-state index in [1.165, 1.54) is 0 Å². The molecule has 0 saturated carbocycles. The van der Waals surface area contributed by atoms with Gasteiger partial charge in [-0.25, -0.2) is 4.79 Å². The Labute approximate surface area is 108 Å². The molecule has 0 aromatic heterocycles. The van der Waals surface area contributed by atoms with Gasteiger partial charge >= 0.3 is 12.0 Å². The molecule has 1 aliphatic rings. The van der Waals surface area contributed by atoms with Crippen LogP contribution in [0.5, 0.6) is 0 Å². The van der Waals surface area contributed by atoms with E-state index in [4.69, 9.17) is 5.11 Å². The van der Waals surface area contributed by atoms with Crippen molar-refractivity contribution < 1.29 is 14.7 Å². The van der Waals surface area contributed by atoms with E-state index in [9.17, 15) is 9.59 Å². The molecule has 2 unspecified atom stereocenters. The average molecular weight is 254 g/mol. The Morgan fingerprint density at radius 1 is 1.50 bits per heavy atom. The molecule has 0 aliphatic carbocycles. The molecule has 5 nitrogen and oxygen atoms in total. The fraction of sp³-hybridized carbons (Fsp3) is 0.692. The van der Waals surface area contributed by atoms with Gasteiger partial charge in [0.2, 0.25) is 0 Å². The van der Waals surface area contributed by atoms with Crippen molar-refractivity contribution in [2.45, 2.75) is 33.2 Å². The molecule has 1 N–H and O–H groups in total. The summed E-state index contributed by atoms with van der Waals surface area (Å²) in [5.41, 5.74) is 0.923. The summed E-state index contributed by atoms with van der Waals surface area (Å²) in [6, 6.07) is -0.328. The molecule has 0 bridgehead atoms. The van der Waals surface area contributed by atoms with E-state index in [-0.39, 0.29) is 12.1 Å². The fourth-order valence-corrected chi connectivity index (χ4v) is 2.36. The van der Waals surface area contributed by atoms with Crippen molar-refractivity contribution in [1.29, 1.82) is 0 Å². The number of likely N-dealkylation sites (N-methyl/N-ethyl adjacent to an activating group) is 1. The molecule has 18 heavy (non-hydrogen) atoms. The number of hydrogen-bond donors (Lipinski definition) is 1. The van der Waals surface area contributed by atoms with Crippen LogP contribution in [0.3, 0.4) is 0 Å². The minimum absolute atomic E-state index is 0.0863. The van der Waals surface area contributed by atoms with Gasteiger partial charge in [-0.1, -0.05) is 12.2 Å². The lowest BCUT2D eigenvalue weighted by atomic mass is 10.0. The van der Waals surface area contributed by atoms with E-state index in [0.717, 1.165) is 5.57 Å². The number of aliphatic carboxylic acids is 1. The van der Waals surface area contributed by atoms with Crippen molar-refractivity contribution in [3.05, 3.63) is 12.2 Å². The maximum absolute atomic E-state index is 12.3. The van der Waals surface area contributed by atoms with Gasteiger partial charge in [0.1, 0.15) is 0 Å². The Morgan fingerprint density at radius 2 is 2.11 bits per heavy atom. The Kier molecular flexibility index (Phi) is 4.76. The third-order valence-corrected chi connectivity index (χ3v) is 3.43. The van der Waals surface area contributed by atoms with Crippen LogP contribution in [0.2, 0.25) is 0 Å². The number of carbonyl (C=O) groups is 2. The molecule has 1 saturated heterocycles. The zero-order valence-electron chi connectivity index (χ0n) is 11.3. The number of likely N-dealkylation sites (tertiary alicyclic amines) is 1. The maximum atomic E-state index is 12.3. The molecule has 0 spiro atoms. The van der Waals surface area contributed by atoms with Gasteiger partial charge in [0.25, 0.3) is 0 Å². The topological polar surface area (TPSA) is 60.9 Å². The molecule has 0 aromatic rings. The molecule has 2 amide bonds. The molecule has 2 atom stereocenters. The molecule has 0 radical (unpaired) electrons. The van der Waals surface area contributed by atoms with Gasteiger partial charge in [-0.3, -0.25) is 4.79 Å². The Bertz CT molecular complexity index is 354. The van der Waals surface area contributed by atoms with E-state index in [2.05, 4.69) is 6.58 Å². The second-order valence-corrected chi connectivity index (χ2v) is 4.92. The molecule has 1 rings (SSSR count). The summed E-state index contributed by atoms with van der Waals surface area (Å²) in [5.74, 6) is -1.27. The van der Waals surface area contributed by atoms with Gasteiger partial charge in [-0.2, -0.15) is 0 Å². The highest BCUT2D eigenvalue weighted by atomic mass is 16.4. The quantitative estimate of drug-likeness (QED) is 0.778. The Morgan fingerprint density at radius 3 is 2.50 bits per heavy atom. The molecular formula is C13H22N2O3. The number of carboxylic acids is 1. The van der Waals surface area contributed by atoms with E-state index in [0.29, 0.717) is 26.1 Å². The SMILES string of the molecule is C=C(C)CN(CC)C(=O)N1CCC(C(=O)O)C1C. The standard InChI is InChI=1S/C13H22N2O3/c1-5-14(8-9(2)3)13(18)15-7-6-11(10(15)4)12(16)17/h10-11H,2,5-8H2,1,3-4H3,(H,16,17). The summed E-state index contributed by atoms with van der Waals surface area (Å²) in [7, 11) is 0. The van der Waals surface area contributed by atoms with Crippen LogP contribution >= 0.6 is 0 Å². The zero-order valence-corrected chi connectivity index (χ0v) is 11.3. The lowest BCUT2D eigenvalue weighted by Crippen LogP contribution is -2.46. The summed E-state index contributed by atoms with van der Waals surface area (Å²) in [4.78, 5) is 26.7. The van der Waals surface area contributed by atoms with E-state index >= 15 is 0 Å². The first-order chi connectivity index (χ1) is 8.38. The number of amides is 2. The van der Waals surface area contributed by atoms with Crippen molar-refractivity contribution in [2.75, 3.05) is 19.6 Å². The molecule has 5 heteroatoms. The van der Waals surface area contributed by atoms with Crippen LogP contribution in [-0.4, -0.2) is 52.6 Å². The van der Waals surface area contributed by atoms with Crippen LogP contribution in [0.4, 0.5) is 4.79 Å². The van der Waals surface area contributed by atoms with Gasteiger partial charge < -0.3 is 14.9 Å². The first kappa shape index (κ1) is 14.5. The van der Waals surface area contributed by atoms with Crippen molar-refractivity contribution in [3.63, 3.8) is 0 Å². The highest BCUT2D eigenvalue weighted by Crippen LogP contribution is 2.25. The van der Waals surface area contributed by atoms with Crippen LogP contribution in [0.1, 0.15) is 27.2 Å². The summed E-state index contributed by atoms with van der Waals surface area (Å²) in [5, 5.41) is 9.06. The molecule has 1 fully saturated rings. The molecular weight excluding hydrogens is 232 g/mol. The summed E-state index contributed by atoms with van der Waals surface area (Å²) in [6.45, 7) is 11.0. The highest BCUT2D eigenvalue weighted by molar-refractivity contribution is 5.78. The number of nitrogens with zero attached hydrogens (tertiary/aromatic N) is 2. The third kappa shape index (κ3) is 3.03. The normalized spacial score (nSPS) is 22.9. The number of carboxylic acid groups (broad SMARTS) is 1. The summed E-state index contributed by atoms with van der Waals surface area (Å²) in [6.07, 6.45) is 0.535. The van der Waals surface area contributed by atoms with Crippen molar-refractivity contribution in [1.82, 2.24) is 9.80 Å². The van der Waals surface area contributed by atoms with Crippen molar-refractivity contribution in [3.8, 4) is 0 Å². The molecule has 0 aromatic carbocycles. The van der Waals surface area contributed by atoms with Gasteiger partial charge in [0.05, 0.1) is 5.92 Å². The monoisotopic (exact) mass is 254 g/mol. The zero-order chi connectivity index (χ0) is 13.9. The smallest absolute Gasteiger partial charge is 0.320 e. The van der Waals surface area contributed by atoms with Crippen LogP contribution in [0.25, 0.3) is 0 Å². The fourth-order valence-electron chi connectivity index (χ4n) is 2.36. The molecule has 1 heterocycles. The minimum Gasteiger partial charge on any atom is -0.481 e. The average Bonchev–Trinajstić information content (AvgIpc) is 2.66. The molecule has 102 valence electrons. The van der Waals surface area contributed by atoms with E-state index in [1.54, 1.807) is 16.7 Å².